The van der Waals surface area contributed by atoms with Crippen LogP contribution in [0.15, 0.2) is 18.2 Å². The molecule has 1 N–H and O–H groups in total. The topological polar surface area (TPSA) is 64.4 Å². The largest absolute Gasteiger partial charge is 0.496 e. The number of benzene rings is 1. The van der Waals surface area contributed by atoms with E-state index in [9.17, 15) is 10.1 Å². The molecule has 1 unspecified atom stereocenters. The zero-order valence-electron chi connectivity index (χ0n) is 12.3. The molecule has 0 saturated heterocycles. The molecule has 0 bridgehead atoms. The van der Waals surface area contributed by atoms with Gasteiger partial charge in [0, 0.05) is 23.9 Å². The summed E-state index contributed by atoms with van der Waals surface area (Å²) in [5.41, 5.74) is 1.02. The quantitative estimate of drug-likeness (QED) is 0.668. The molecule has 0 amide bonds. The highest BCUT2D eigenvalue weighted by Gasteiger charge is 2.32. The summed E-state index contributed by atoms with van der Waals surface area (Å²) in [5, 5.41) is 14.4. The molecular weight excluding hydrogens is 256 g/mol. The lowest BCUT2D eigenvalue weighted by atomic mass is 9.73. The van der Waals surface area contributed by atoms with Crippen molar-refractivity contribution in [2.45, 2.75) is 45.6 Å². The molecule has 1 saturated carbocycles. The van der Waals surface area contributed by atoms with Crippen LogP contribution in [0.25, 0.3) is 0 Å². The maximum absolute atomic E-state index is 11.0. The van der Waals surface area contributed by atoms with Crippen LogP contribution in [0.3, 0.4) is 0 Å². The number of anilines is 1. The van der Waals surface area contributed by atoms with Crippen molar-refractivity contribution in [3.05, 3.63) is 28.3 Å². The fourth-order valence-corrected chi connectivity index (χ4v) is 2.85. The first kappa shape index (κ1) is 14.6. The van der Waals surface area contributed by atoms with E-state index in [4.69, 9.17) is 4.74 Å². The van der Waals surface area contributed by atoms with E-state index in [0.29, 0.717) is 11.8 Å². The molecule has 0 aromatic heterocycles. The Morgan fingerprint density at radius 3 is 2.70 bits per heavy atom. The molecule has 0 aliphatic heterocycles. The third-order valence-corrected chi connectivity index (χ3v) is 4.19. The first-order valence-corrected chi connectivity index (χ1v) is 7.02. The van der Waals surface area contributed by atoms with Crippen LogP contribution in [0.2, 0.25) is 0 Å². The Kier molecular flexibility index (Phi) is 4.16. The van der Waals surface area contributed by atoms with E-state index in [0.717, 1.165) is 12.1 Å². The molecule has 1 aromatic carbocycles. The normalized spacial score (nSPS) is 21.2. The Bertz CT molecular complexity index is 500. The third-order valence-electron chi connectivity index (χ3n) is 4.19. The van der Waals surface area contributed by atoms with Crippen molar-refractivity contribution in [2.75, 3.05) is 12.4 Å². The molecule has 1 aliphatic carbocycles. The molecule has 5 nitrogen and oxygen atoms in total. The first-order valence-electron chi connectivity index (χ1n) is 7.02. The van der Waals surface area contributed by atoms with Gasteiger partial charge in [-0.2, -0.15) is 0 Å². The number of rotatable bonds is 4. The van der Waals surface area contributed by atoms with Crippen molar-refractivity contribution in [3.63, 3.8) is 0 Å². The second-order valence-corrected chi connectivity index (χ2v) is 6.11. The molecule has 0 spiro atoms. The number of hydrogen-bond acceptors (Lipinski definition) is 4. The maximum Gasteiger partial charge on any atom is 0.275 e. The van der Waals surface area contributed by atoms with Gasteiger partial charge in [-0.3, -0.25) is 10.1 Å². The summed E-state index contributed by atoms with van der Waals surface area (Å²) in [5.74, 6) is 0.510. The third kappa shape index (κ3) is 3.21. The van der Waals surface area contributed by atoms with Gasteiger partial charge >= 0.3 is 0 Å². The highest BCUT2D eigenvalue weighted by atomic mass is 16.6. The van der Waals surface area contributed by atoms with Crippen LogP contribution < -0.4 is 10.1 Å². The lowest BCUT2D eigenvalue weighted by Gasteiger charge is -2.39. The van der Waals surface area contributed by atoms with Crippen LogP contribution >= 0.6 is 0 Å². The smallest absolute Gasteiger partial charge is 0.275 e. The molecule has 20 heavy (non-hydrogen) atoms. The van der Waals surface area contributed by atoms with Crippen LogP contribution in [0, 0.1) is 15.5 Å². The minimum atomic E-state index is -0.389. The number of nitro groups is 1. The van der Waals surface area contributed by atoms with Crippen molar-refractivity contribution in [2.24, 2.45) is 5.41 Å². The molecule has 0 radical (unpaired) electrons. The predicted octanol–water partition coefficient (Wildman–Crippen LogP) is 3.98. The van der Waals surface area contributed by atoms with Crippen LogP contribution in [-0.2, 0) is 0 Å². The number of nitrogens with zero attached hydrogens (tertiary/aromatic N) is 1. The average Bonchev–Trinajstić information content (AvgIpc) is 2.40. The molecule has 1 fully saturated rings. The summed E-state index contributed by atoms with van der Waals surface area (Å²) in [7, 11) is 1.52. The van der Waals surface area contributed by atoms with Gasteiger partial charge in [-0.05, 0) is 18.3 Å². The number of hydrogen-bond donors (Lipinski definition) is 1. The number of non-ortho nitro benzene ring substituents is 1. The Morgan fingerprint density at radius 1 is 1.35 bits per heavy atom. The zero-order valence-corrected chi connectivity index (χ0v) is 12.3. The van der Waals surface area contributed by atoms with Crippen molar-refractivity contribution in [1.82, 2.24) is 0 Å². The van der Waals surface area contributed by atoms with Crippen LogP contribution in [0.4, 0.5) is 11.4 Å². The molecule has 5 heteroatoms. The van der Waals surface area contributed by atoms with E-state index in [-0.39, 0.29) is 16.0 Å². The van der Waals surface area contributed by atoms with E-state index in [2.05, 4.69) is 19.2 Å². The molecule has 2 rings (SSSR count). The number of nitrogens with one attached hydrogen (secondary N) is 1. The monoisotopic (exact) mass is 278 g/mol. The summed E-state index contributed by atoms with van der Waals surface area (Å²) in [6.07, 6.45) is 4.73. The number of ether oxygens (including phenoxy) is 1. The van der Waals surface area contributed by atoms with Crippen LogP contribution in [0.5, 0.6) is 5.75 Å². The fourth-order valence-electron chi connectivity index (χ4n) is 2.85. The van der Waals surface area contributed by atoms with E-state index in [1.165, 1.54) is 32.4 Å². The SMILES string of the molecule is COc1cc(NC2CCCCC2(C)C)cc([N+](=O)[O-])c1. The van der Waals surface area contributed by atoms with Crippen molar-refractivity contribution in [3.8, 4) is 5.75 Å². The van der Waals surface area contributed by atoms with Gasteiger partial charge in [0.15, 0.2) is 0 Å². The van der Waals surface area contributed by atoms with E-state index >= 15 is 0 Å². The summed E-state index contributed by atoms with van der Waals surface area (Å²) in [6.45, 7) is 4.50. The minimum absolute atomic E-state index is 0.0560. The first-order chi connectivity index (χ1) is 9.42. The van der Waals surface area contributed by atoms with E-state index in [1.54, 1.807) is 6.07 Å². The van der Waals surface area contributed by atoms with Gasteiger partial charge in [0.25, 0.3) is 5.69 Å². The molecule has 1 aromatic rings. The lowest BCUT2D eigenvalue weighted by Crippen LogP contribution is -2.38. The molecule has 1 atom stereocenters. The molecular formula is C15H22N2O3. The van der Waals surface area contributed by atoms with Gasteiger partial charge in [-0.1, -0.05) is 26.7 Å². The van der Waals surface area contributed by atoms with Crippen molar-refractivity contribution in [1.29, 1.82) is 0 Å². The summed E-state index contributed by atoms with van der Waals surface area (Å²) < 4.78 is 5.14. The Morgan fingerprint density at radius 2 is 2.10 bits per heavy atom. The predicted molar refractivity (Wildman–Crippen MR) is 79.3 cm³/mol. The lowest BCUT2D eigenvalue weighted by molar-refractivity contribution is -0.384. The van der Waals surface area contributed by atoms with Crippen LogP contribution in [-0.4, -0.2) is 18.1 Å². The minimum Gasteiger partial charge on any atom is -0.496 e. The summed E-state index contributed by atoms with van der Waals surface area (Å²) >= 11 is 0. The summed E-state index contributed by atoms with van der Waals surface area (Å²) in [4.78, 5) is 10.6. The molecule has 110 valence electrons. The standard InChI is InChI=1S/C15H22N2O3/c1-15(2)7-5-4-6-14(15)16-11-8-12(17(18)19)10-13(9-11)20-3/h8-10,14,16H,4-7H2,1-3H3. The highest BCUT2D eigenvalue weighted by molar-refractivity contribution is 5.57. The fraction of sp³-hybridized carbons (Fsp3) is 0.600. The van der Waals surface area contributed by atoms with Gasteiger partial charge in [0.2, 0.25) is 0 Å². The van der Waals surface area contributed by atoms with E-state index in [1.807, 2.05) is 6.07 Å². The zero-order chi connectivity index (χ0) is 14.8. The number of methoxy groups -OCH3 is 1. The Hall–Kier alpha value is -1.78. The second kappa shape index (κ2) is 5.69. The molecule has 1 aliphatic rings. The van der Waals surface area contributed by atoms with Gasteiger partial charge in [-0.15, -0.1) is 0 Å². The van der Waals surface area contributed by atoms with Gasteiger partial charge in [-0.25, -0.2) is 0 Å². The Labute approximate surface area is 119 Å². The van der Waals surface area contributed by atoms with Crippen molar-refractivity contribution < 1.29 is 9.66 Å². The van der Waals surface area contributed by atoms with E-state index < -0.39 is 0 Å². The second-order valence-electron chi connectivity index (χ2n) is 6.11. The van der Waals surface area contributed by atoms with Gasteiger partial charge in [0.1, 0.15) is 5.75 Å². The Balaban J connectivity index is 2.23. The average molecular weight is 278 g/mol. The maximum atomic E-state index is 11.0. The van der Waals surface area contributed by atoms with Gasteiger partial charge < -0.3 is 10.1 Å². The summed E-state index contributed by atoms with van der Waals surface area (Å²) in [6, 6.07) is 5.17. The van der Waals surface area contributed by atoms with Crippen LogP contribution in [0.1, 0.15) is 39.5 Å². The number of nitro benzene ring substituents is 1. The van der Waals surface area contributed by atoms with Crippen molar-refractivity contribution >= 4 is 11.4 Å². The highest BCUT2D eigenvalue weighted by Crippen LogP contribution is 2.38. The molecule has 0 heterocycles. The van der Waals surface area contributed by atoms with Gasteiger partial charge in [0.05, 0.1) is 18.1 Å².